The van der Waals surface area contributed by atoms with Crippen LogP contribution in [0.2, 0.25) is 0 Å². The number of hydrogen-bond acceptors (Lipinski definition) is 3. The summed E-state index contributed by atoms with van der Waals surface area (Å²) in [5, 5.41) is 8.57. The molecule has 0 unspecified atom stereocenters. The first-order valence-corrected chi connectivity index (χ1v) is 7.37. The molecule has 0 atom stereocenters. The molecule has 4 nitrogen and oxygen atoms in total. The highest BCUT2D eigenvalue weighted by Crippen LogP contribution is 2.34. The predicted octanol–water partition coefficient (Wildman–Crippen LogP) is 2.80. The van der Waals surface area contributed by atoms with Crippen molar-refractivity contribution in [2.24, 2.45) is 5.73 Å². The third kappa shape index (κ3) is 2.30. The minimum absolute atomic E-state index is 0.00788. The summed E-state index contributed by atoms with van der Waals surface area (Å²) in [5.41, 5.74) is 6.05. The van der Waals surface area contributed by atoms with Gasteiger partial charge in [0.05, 0.1) is 0 Å². The van der Waals surface area contributed by atoms with E-state index < -0.39 is 0 Å². The monoisotopic (exact) mass is 250 g/mol. The molecule has 2 rings (SSSR count). The van der Waals surface area contributed by atoms with Gasteiger partial charge in [-0.2, -0.15) is 0 Å². The Kier molecular flexibility index (Phi) is 4.38. The van der Waals surface area contributed by atoms with Gasteiger partial charge in [0, 0.05) is 18.0 Å². The van der Waals surface area contributed by atoms with Crippen LogP contribution in [0.5, 0.6) is 0 Å². The Morgan fingerprint density at radius 1 is 1.28 bits per heavy atom. The molecule has 1 heterocycles. The SMILES string of the molecule is CCC(CC)(CN)c1nncn1C1CCCCC1. The van der Waals surface area contributed by atoms with Crippen molar-refractivity contribution in [1.29, 1.82) is 0 Å². The molecule has 1 aromatic rings. The standard InChI is InChI=1S/C14H26N4/c1-3-14(4-2,10-15)13-17-16-11-18(13)12-8-6-5-7-9-12/h11-12H,3-10,15H2,1-2H3. The minimum Gasteiger partial charge on any atom is -0.329 e. The molecule has 0 amide bonds. The fourth-order valence-corrected chi connectivity index (χ4v) is 3.20. The maximum absolute atomic E-state index is 6.04. The average molecular weight is 250 g/mol. The lowest BCUT2D eigenvalue weighted by molar-refractivity contribution is 0.303. The average Bonchev–Trinajstić information content (AvgIpc) is 2.93. The molecule has 0 aliphatic heterocycles. The summed E-state index contributed by atoms with van der Waals surface area (Å²) in [4.78, 5) is 0. The zero-order chi connectivity index (χ0) is 13.0. The van der Waals surface area contributed by atoms with Gasteiger partial charge >= 0.3 is 0 Å². The lowest BCUT2D eigenvalue weighted by Crippen LogP contribution is -2.37. The number of nitrogens with two attached hydrogens (primary N) is 1. The predicted molar refractivity (Wildman–Crippen MR) is 73.5 cm³/mol. The fourth-order valence-electron chi connectivity index (χ4n) is 3.20. The van der Waals surface area contributed by atoms with Gasteiger partial charge < -0.3 is 10.3 Å². The van der Waals surface area contributed by atoms with Gasteiger partial charge in [-0.15, -0.1) is 10.2 Å². The van der Waals surface area contributed by atoms with Crippen LogP contribution in [0, 0.1) is 0 Å². The van der Waals surface area contributed by atoms with Crippen molar-refractivity contribution >= 4 is 0 Å². The molecule has 1 fully saturated rings. The fraction of sp³-hybridized carbons (Fsp3) is 0.857. The first kappa shape index (κ1) is 13.5. The summed E-state index contributed by atoms with van der Waals surface area (Å²) in [6.07, 6.45) is 10.5. The molecule has 1 aliphatic rings. The summed E-state index contributed by atoms with van der Waals surface area (Å²) in [6, 6.07) is 0.591. The maximum atomic E-state index is 6.04. The zero-order valence-electron chi connectivity index (χ0n) is 11.7. The van der Waals surface area contributed by atoms with E-state index in [1.165, 1.54) is 32.1 Å². The van der Waals surface area contributed by atoms with Crippen molar-refractivity contribution in [2.45, 2.75) is 70.3 Å². The molecule has 1 aromatic heterocycles. The highest BCUT2D eigenvalue weighted by atomic mass is 15.3. The van der Waals surface area contributed by atoms with E-state index in [4.69, 9.17) is 5.73 Å². The maximum Gasteiger partial charge on any atom is 0.140 e. The van der Waals surface area contributed by atoms with Crippen LogP contribution in [0.1, 0.15) is 70.7 Å². The van der Waals surface area contributed by atoms with Gasteiger partial charge in [0.1, 0.15) is 12.2 Å². The highest BCUT2D eigenvalue weighted by molar-refractivity contribution is 5.10. The van der Waals surface area contributed by atoms with Gasteiger partial charge in [0.15, 0.2) is 0 Å². The molecule has 4 heteroatoms. The largest absolute Gasteiger partial charge is 0.329 e. The highest BCUT2D eigenvalue weighted by Gasteiger charge is 2.34. The van der Waals surface area contributed by atoms with Crippen LogP contribution in [0.25, 0.3) is 0 Å². The molecule has 2 N–H and O–H groups in total. The normalized spacial score (nSPS) is 18.2. The Balaban J connectivity index is 2.30. The number of aromatic nitrogens is 3. The van der Waals surface area contributed by atoms with E-state index in [9.17, 15) is 0 Å². The summed E-state index contributed by atoms with van der Waals surface area (Å²) in [5.74, 6) is 1.11. The molecule has 1 aliphatic carbocycles. The van der Waals surface area contributed by atoms with Gasteiger partial charge in [0.25, 0.3) is 0 Å². The van der Waals surface area contributed by atoms with Gasteiger partial charge in [-0.25, -0.2) is 0 Å². The van der Waals surface area contributed by atoms with Gasteiger partial charge in [-0.05, 0) is 25.7 Å². The van der Waals surface area contributed by atoms with Gasteiger partial charge in [-0.3, -0.25) is 0 Å². The van der Waals surface area contributed by atoms with Crippen molar-refractivity contribution in [3.05, 3.63) is 12.2 Å². The molecule has 0 spiro atoms. The van der Waals surface area contributed by atoms with Crippen LogP contribution in [0.15, 0.2) is 6.33 Å². The number of hydrogen-bond donors (Lipinski definition) is 1. The van der Waals surface area contributed by atoms with E-state index in [-0.39, 0.29) is 5.41 Å². The van der Waals surface area contributed by atoms with E-state index in [2.05, 4.69) is 28.6 Å². The Morgan fingerprint density at radius 3 is 2.50 bits per heavy atom. The molecule has 0 aromatic carbocycles. The Morgan fingerprint density at radius 2 is 1.94 bits per heavy atom. The van der Waals surface area contributed by atoms with Crippen LogP contribution in [-0.4, -0.2) is 21.3 Å². The van der Waals surface area contributed by atoms with E-state index in [1.54, 1.807) is 0 Å². The van der Waals surface area contributed by atoms with E-state index in [0.29, 0.717) is 12.6 Å². The summed E-state index contributed by atoms with van der Waals surface area (Å²) >= 11 is 0. The third-order valence-electron chi connectivity index (χ3n) is 4.76. The molecular weight excluding hydrogens is 224 g/mol. The lowest BCUT2D eigenvalue weighted by atomic mass is 9.81. The van der Waals surface area contributed by atoms with Gasteiger partial charge in [-0.1, -0.05) is 33.1 Å². The second-order valence-electron chi connectivity index (χ2n) is 5.55. The van der Waals surface area contributed by atoms with Crippen LogP contribution in [-0.2, 0) is 5.41 Å². The Bertz CT molecular complexity index is 353. The van der Waals surface area contributed by atoms with Crippen LogP contribution in [0.3, 0.4) is 0 Å². The first-order chi connectivity index (χ1) is 8.77. The van der Waals surface area contributed by atoms with Gasteiger partial charge in [0.2, 0.25) is 0 Å². The van der Waals surface area contributed by atoms with E-state index >= 15 is 0 Å². The Labute approximate surface area is 110 Å². The Hall–Kier alpha value is -0.900. The number of nitrogens with zero attached hydrogens (tertiary/aromatic N) is 3. The molecular formula is C14H26N4. The van der Waals surface area contributed by atoms with Crippen LogP contribution in [0.4, 0.5) is 0 Å². The smallest absolute Gasteiger partial charge is 0.140 e. The van der Waals surface area contributed by atoms with Crippen molar-refractivity contribution in [1.82, 2.24) is 14.8 Å². The van der Waals surface area contributed by atoms with Crippen molar-refractivity contribution in [3.8, 4) is 0 Å². The molecule has 0 radical (unpaired) electrons. The van der Waals surface area contributed by atoms with Crippen LogP contribution >= 0.6 is 0 Å². The van der Waals surface area contributed by atoms with Crippen LogP contribution < -0.4 is 5.73 Å². The first-order valence-electron chi connectivity index (χ1n) is 7.37. The molecule has 1 saturated carbocycles. The van der Waals surface area contributed by atoms with E-state index in [0.717, 1.165) is 18.7 Å². The molecule has 18 heavy (non-hydrogen) atoms. The summed E-state index contributed by atoms with van der Waals surface area (Å²) in [7, 11) is 0. The molecule has 0 saturated heterocycles. The molecule has 102 valence electrons. The zero-order valence-corrected chi connectivity index (χ0v) is 11.7. The van der Waals surface area contributed by atoms with E-state index in [1.807, 2.05) is 6.33 Å². The minimum atomic E-state index is 0.00788. The summed E-state index contributed by atoms with van der Waals surface area (Å²) in [6.45, 7) is 5.07. The second-order valence-corrected chi connectivity index (χ2v) is 5.55. The third-order valence-corrected chi connectivity index (χ3v) is 4.76. The molecule has 0 bridgehead atoms. The van der Waals surface area contributed by atoms with Crippen molar-refractivity contribution < 1.29 is 0 Å². The van der Waals surface area contributed by atoms with Crippen molar-refractivity contribution in [3.63, 3.8) is 0 Å². The second kappa shape index (κ2) is 5.83. The lowest BCUT2D eigenvalue weighted by Gasteiger charge is -2.33. The van der Waals surface area contributed by atoms with Crippen molar-refractivity contribution in [2.75, 3.05) is 6.54 Å². The summed E-state index contributed by atoms with van der Waals surface area (Å²) < 4.78 is 2.32. The quantitative estimate of drug-likeness (QED) is 0.874. The topological polar surface area (TPSA) is 56.7 Å². The number of rotatable bonds is 5.